The van der Waals surface area contributed by atoms with Crippen LogP contribution in [0.5, 0.6) is 0 Å². The topological polar surface area (TPSA) is 56.7 Å². The van der Waals surface area contributed by atoms with Crippen molar-refractivity contribution in [2.24, 2.45) is 0 Å². The van der Waals surface area contributed by atoms with Gasteiger partial charge in [-0.3, -0.25) is 4.57 Å². The van der Waals surface area contributed by atoms with E-state index < -0.39 is 0 Å². The van der Waals surface area contributed by atoms with Gasteiger partial charge < -0.3 is 4.42 Å². The predicted molar refractivity (Wildman–Crippen MR) is 112 cm³/mol. The second-order valence-corrected chi connectivity index (χ2v) is 8.25. The van der Waals surface area contributed by atoms with E-state index in [1.165, 1.54) is 16.7 Å². The third kappa shape index (κ3) is 3.73. The van der Waals surface area contributed by atoms with Crippen molar-refractivity contribution in [2.45, 2.75) is 38.1 Å². The minimum Gasteiger partial charge on any atom is -0.419 e. The van der Waals surface area contributed by atoms with Gasteiger partial charge in [-0.1, -0.05) is 47.2 Å². The van der Waals surface area contributed by atoms with Gasteiger partial charge in [0.2, 0.25) is 11.8 Å². The van der Waals surface area contributed by atoms with Gasteiger partial charge in [0, 0.05) is 18.0 Å². The van der Waals surface area contributed by atoms with Crippen molar-refractivity contribution in [3.05, 3.63) is 77.4 Å². The Hall–Kier alpha value is -2.86. The molecule has 0 aliphatic rings. The number of aryl methyl sites for hydroxylation is 3. The number of hydrogen-bond acceptors (Lipinski definition) is 5. The Balaban J connectivity index is 1.56. The molecule has 0 spiro atoms. The normalized spacial score (nSPS) is 12.3. The van der Waals surface area contributed by atoms with Crippen molar-refractivity contribution >= 4 is 11.8 Å². The molecule has 5 nitrogen and oxygen atoms in total. The molecule has 0 amide bonds. The summed E-state index contributed by atoms with van der Waals surface area (Å²) in [4.78, 5) is 4.53. The van der Waals surface area contributed by atoms with Crippen molar-refractivity contribution in [3.63, 3.8) is 0 Å². The van der Waals surface area contributed by atoms with Crippen LogP contribution in [-0.2, 0) is 0 Å². The predicted octanol–water partition coefficient (Wildman–Crippen LogP) is 5.70. The molecule has 0 saturated carbocycles. The van der Waals surface area contributed by atoms with Crippen molar-refractivity contribution in [2.75, 3.05) is 0 Å². The molecular formula is C22H22N4OS. The van der Waals surface area contributed by atoms with Gasteiger partial charge in [-0.2, -0.15) is 0 Å². The summed E-state index contributed by atoms with van der Waals surface area (Å²) >= 11 is 1.60. The molecule has 2 aromatic heterocycles. The van der Waals surface area contributed by atoms with Crippen molar-refractivity contribution < 1.29 is 4.42 Å². The van der Waals surface area contributed by atoms with E-state index in [-0.39, 0.29) is 5.25 Å². The summed E-state index contributed by atoms with van der Waals surface area (Å²) in [5, 5.41) is 9.35. The molecule has 2 aromatic carbocycles. The summed E-state index contributed by atoms with van der Waals surface area (Å²) in [7, 11) is 0. The zero-order chi connectivity index (χ0) is 19.7. The van der Waals surface area contributed by atoms with Gasteiger partial charge in [-0.05, 0) is 51.5 Å². The fourth-order valence-electron chi connectivity index (χ4n) is 3.06. The van der Waals surface area contributed by atoms with E-state index >= 15 is 0 Å². The molecule has 0 bridgehead atoms. The first kappa shape index (κ1) is 18.5. The van der Waals surface area contributed by atoms with Crippen LogP contribution in [0.15, 0.2) is 64.4 Å². The maximum atomic E-state index is 5.93. The molecule has 142 valence electrons. The van der Waals surface area contributed by atoms with Gasteiger partial charge in [0.1, 0.15) is 0 Å². The third-order valence-corrected chi connectivity index (χ3v) is 5.66. The van der Waals surface area contributed by atoms with Gasteiger partial charge in [0.15, 0.2) is 5.16 Å². The zero-order valence-electron chi connectivity index (χ0n) is 16.4. The largest absolute Gasteiger partial charge is 0.419 e. The van der Waals surface area contributed by atoms with Crippen molar-refractivity contribution in [1.82, 2.24) is 19.7 Å². The number of rotatable bonds is 5. The standard InChI is InChI=1S/C22H22N4OS/c1-14-5-8-18(9-6-14)21-25-24-20(27-21)17(4)28-22-23-11-12-26(22)19-10-7-15(2)13-16(19)3/h5-13,17H,1-4H3/t17-/m1/s1. The number of nitrogens with zero attached hydrogens (tertiary/aromatic N) is 4. The van der Waals surface area contributed by atoms with Crippen LogP contribution in [0.3, 0.4) is 0 Å². The van der Waals surface area contributed by atoms with Crippen LogP contribution in [-0.4, -0.2) is 19.7 Å². The molecule has 0 saturated heterocycles. The van der Waals surface area contributed by atoms with Crippen LogP contribution in [0.1, 0.15) is 34.8 Å². The molecule has 0 N–H and O–H groups in total. The van der Waals surface area contributed by atoms with E-state index in [1.54, 1.807) is 11.8 Å². The molecule has 28 heavy (non-hydrogen) atoms. The maximum absolute atomic E-state index is 5.93. The molecule has 0 fully saturated rings. The Labute approximate surface area is 168 Å². The van der Waals surface area contributed by atoms with Gasteiger partial charge >= 0.3 is 0 Å². The van der Waals surface area contributed by atoms with Crippen LogP contribution in [0.25, 0.3) is 17.1 Å². The minimum absolute atomic E-state index is 0.0152. The Morgan fingerprint density at radius 2 is 1.71 bits per heavy atom. The molecule has 0 aliphatic carbocycles. The highest BCUT2D eigenvalue weighted by molar-refractivity contribution is 7.99. The summed E-state index contributed by atoms with van der Waals surface area (Å²) in [5.74, 6) is 1.14. The fourth-order valence-corrected chi connectivity index (χ4v) is 3.96. The average Bonchev–Trinajstić information content (AvgIpc) is 3.32. The smallest absolute Gasteiger partial charge is 0.247 e. The van der Waals surface area contributed by atoms with Crippen molar-refractivity contribution in [3.8, 4) is 17.1 Å². The Bertz CT molecular complexity index is 1100. The van der Waals surface area contributed by atoms with Gasteiger partial charge in [0.05, 0.1) is 10.9 Å². The average molecular weight is 391 g/mol. The van der Waals surface area contributed by atoms with E-state index in [4.69, 9.17) is 4.42 Å². The Morgan fingerprint density at radius 1 is 0.964 bits per heavy atom. The SMILES string of the molecule is Cc1ccc(-c2nnc([C@@H](C)Sc3nccn3-c3ccc(C)cc3C)o2)cc1. The molecule has 2 heterocycles. The van der Waals surface area contributed by atoms with E-state index in [0.717, 1.165) is 16.4 Å². The summed E-state index contributed by atoms with van der Waals surface area (Å²) in [6, 6.07) is 14.5. The summed E-state index contributed by atoms with van der Waals surface area (Å²) < 4.78 is 8.03. The van der Waals surface area contributed by atoms with Crippen LogP contribution in [0.4, 0.5) is 0 Å². The molecule has 6 heteroatoms. The number of benzene rings is 2. The molecule has 4 rings (SSSR count). The number of imidazole rings is 1. The second kappa shape index (κ2) is 7.64. The lowest BCUT2D eigenvalue weighted by Crippen LogP contribution is -2.00. The lowest BCUT2D eigenvalue weighted by atomic mass is 10.1. The van der Waals surface area contributed by atoms with Crippen molar-refractivity contribution in [1.29, 1.82) is 0 Å². The summed E-state index contributed by atoms with van der Waals surface area (Å²) in [6.07, 6.45) is 3.80. The number of aromatic nitrogens is 4. The maximum Gasteiger partial charge on any atom is 0.247 e. The molecule has 0 unspecified atom stereocenters. The molecule has 4 aromatic rings. The minimum atomic E-state index is -0.0152. The van der Waals surface area contributed by atoms with Crippen LogP contribution in [0, 0.1) is 20.8 Å². The van der Waals surface area contributed by atoms with Gasteiger partial charge in [0.25, 0.3) is 0 Å². The lowest BCUT2D eigenvalue weighted by molar-refractivity contribution is 0.509. The monoisotopic (exact) mass is 390 g/mol. The van der Waals surface area contributed by atoms with Crippen LogP contribution in [0.2, 0.25) is 0 Å². The highest BCUT2D eigenvalue weighted by Gasteiger charge is 2.19. The fraction of sp³-hybridized carbons (Fsp3) is 0.227. The van der Waals surface area contributed by atoms with Gasteiger partial charge in [-0.15, -0.1) is 10.2 Å². The Kier molecular flexibility index (Phi) is 5.05. The van der Waals surface area contributed by atoms with E-state index in [2.05, 4.69) is 65.6 Å². The van der Waals surface area contributed by atoms with Crippen LogP contribution < -0.4 is 0 Å². The zero-order valence-corrected chi connectivity index (χ0v) is 17.2. The quantitative estimate of drug-likeness (QED) is 0.409. The molecule has 0 aliphatic heterocycles. The lowest BCUT2D eigenvalue weighted by Gasteiger charge is -2.12. The Morgan fingerprint density at radius 3 is 2.46 bits per heavy atom. The number of thioether (sulfide) groups is 1. The van der Waals surface area contributed by atoms with E-state index in [1.807, 2.05) is 36.7 Å². The first-order chi connectivity index (χ1) is 13.5. The van der Waals surface area contributed by atoms with Crippen LogP contribution >= 0.6 is 11.8 Å². The third-order valence-electron chi connectivity index (χ3n) is 4.59. The second-order valence-electron chi connectivity index (χ2n) is 6.94. The first-order valence-electron chi connectivity index (χ1n) is 9.19. The first-order valence-corrected chi connectivity index (χ1v) is 10.1. The molecule has 1 atom stereocenters. The molecular weight excluding hydrogens is 368 g/mol. The highest BCUT2D eigenvalue weighted by Crippen LogP contribution is 2.35. The highest BCUT2D eigenvalue weighted by atomic mass is 32.2. The number of hydrogen-bond donors (Lipinski definition) is 0. The van der Waals surface area contributed by atoms with E-state index in [9.17, 15) is 0 Å². The summed E-state index contributed by atoms with van der Waals surface area (Å²) in [5.41, 5.74) is 5.72. The summed E-state index contributed by atoms with van der Waals surface area (Å²) in [6.45, 7) is 8.33. The molecule has 0 radical (unpaired) electrons. The van der Waals surface area contributed by atoms with Gasteiger partial charge in [-0.25, -0.2) is 4.98 Å². The van der Waals surface area contributed by atoms with E-state index in [0.29, 0.717) is 11.8 Å².